The third-order valence-electron chi connectivity index (χ3n) is 6.06. The van der Waals surface area contributed by atoms with Gasteiger partial charge in [0.25, 0.3) is 0 Å². The Kier molecular flexibility index (Phi) is 6.21. The molecule has 1 aliphatic heterocycles. The number of ether oxygens (including phenoxy) is 1. The smallest absolute Gasteiger partial charge is 0.407 e. The number of carboxylic acids is 1. The summed E-state index contributed by atoms with van der Waals surface area (Å²) >= 11 is 0. The van der Waals surface area contributed by atoms with Gasteiger partial charge in [0.15, 0.2) is 0 Å². The van der Waals surface area contributed by atoms with Gasteiger partial charge in [0.05, 0.1) is 0 Å². The molecule has 2 aromatic rings. The molecule has 1 unspecified atom stereocenters. The summed E-state index contributed by atoms with van der Waals surface area (Å²) in [4.78, 5) is 37.2. The predicted octanol–water partition coefficient (Wildman–Crippen LogP) is 3.24. The molecular formula is C24H26N2O5. The first kappa shape index (κ1) is 20.9. The van der Waals surface area contributed by atoms with Gasteiger partial charge < -0.3 is 20.1 Å². The van der Waals surface area contributed by atoms with Crippen molar-refractivity contribution < 1.29 is 24.2 Å². The largest absolute Gasteiger partial charge is 0.481 e. The molecule has 2 amide bonds. The molecule has 2 aliphatic rings. The number of hydrogen-bond donors (Lipinski definition) is 2. The highest BCUT2D eigenvalue weighted by Crippen LogP contribution is 2.44. The van der Waals surface area contributed by atoms with Gasteiger partial charge >= 0.3 is 12.1 Å². The van der Waals surface area contributed by atoms with E-state index in [-0.39, 0.29) is 37.3 Å². The molecule has 2 aromatic carbocycles. The van der Waals surface area contributed by atoms with Crippen molar-refractivity contribution in [1.82, 2.24) is 10.2 Å². The highest BCUT2D eigenvalue weighted by atomic mass is 16.5. The van der Waals surface area contributed by atoms with E-state index in [1.54, 1.807) is 4.90 Å². The maximum Gasteiger partial charge on any atom is 0.407 e. The van der Waals surface area contributed by atoms with Gasteiger partial charge in [0, 0.05) is 25.4 Å². The van der Waals surface area contributed by atoms with Crippen LogP contribution in [0.5, 0.6) is 0 Å². The van der Waals surface area contributed by atoms with Crippen molar-refractivity contribution in [2.45, 2.75) is 25.2 Å². The second kappa shape index (κ2) is 9.20. The van der Waals surface area contributed by atoms with Gasteiger partial charge in [0.2, 0.25) is 5.91 Å². The molecule has 0 spiro atoms. The SMILES string of the molecule is O=C(O)CC1CCCN(C(=O)CNC(=O)OCC2c3ccccc3-c3ccccc32)C1. The molecule has 1 saturated heterocycles. The molecule has 0 saturated carbocycles. The molecule has 0 radical (unpaired) electrons. The first-order valence-corrected chi connectivity index (χ1v) is 10.6. The molecule has 31 heavy (non-hydrogen) atoms. The van der Waals surface area contributed by atoms with E-state index < -0.39 is 12.1 Å². The Morgan fingerprint density at radius 3 is 2.32 bits per heavy atom. The van der Waals surface area contributed by atoms with Crippen LogP contribution in [0.3, 0.4) is 0 Å². The van der Waals surface area contributed by atoms with Gasteiger partial charge in [0.1, 0.15) is 13.2 Å². The highest BCUT2D eigenvalue weighted by Gasteiger charge is 2.29. The van der Waals surface area contributed by atoms with Crippen molar-refractivity contribution in [3.63, 3.8) is 0 Å². The van der Waals surface area contributed by atoms with E-state index in [0.29, 0.717) is 13.1 Å². The average Bonchev–Trinajstić information content (AvgIpc) is 3.09. The number of benzene rings is 2. The summed E-state index contributed by atoms with van der Waals surface area (Å²) < 4.78 is 5.45. The zero-order valence-corrected chi connectivity index (χ0v) is 17.3. The van der Waals surface area contributed by atoms with Crippen molar-refractivity contribution in [3.05, 3.63) is 59.7 Å². The van der Waals surface area contributed by atoms with Crippen LogP contribution in [0.25, 0.3) is 11.1 Å². The Bertz CT molecular complexity index is 944. The normalized spacial score (nSPS) is 17.5. The maximum atomic E-state index is 12.4. The predicted molar refractivity (Wildman–Crippen MR) is 115 cm³/mol. The number of aliphatic carboxylic acids is 1. The third kappa shape index (κ3) is 4.71. The van der Waals surface area contributed by atoms with Gasteiger partial charge in [-0.25, -0.2) is 4.79 Å². The van der Waals surface area contributed by atoms with E-state index in [2.05, 4.69) is 29.6 Å². The van der Waals surface area contributed by atoms with Crippen molar-refractivity contribution in [3.8, 4) is 11.1 Å². The lowest BCUT2D eigenvalue weighted by Crippen LogP contribution is -2.45. The van der Waals surface area contributed by atoms with Crippen molar-refractivity contribution in [2.24, 2.45) is 5.92 Å². The second-order valence-corrected chi connectivity index (χ2v) is 8.12. The van der Waals surface area contributed by atoms with Crippen molar-refractivity contribution >= 4 is 18.0 Å². The van der Waals surface area contributed by atoms with Gasteiger partial charge in [-0.3, -0.25) is 9.59 Å². The van der Waals surface area contributed by atoms with Gasteiger partial charge in [-0.2, -0.15) is 0 Å². The number of fused-ring (bicyclic) bond motifs is 3. The number of hydrogen-bond acceptors (Lipinski definition) is 4. The summed E-state index contributed by atoms with van der Waals surface area (Å²) in [6.07, 6.45) is 1.00. The molecule has 0 bridgehead atoms. The number of nitrogens with one attached hydrogen (secondary N) is 1. The fourth-order valence-electron chi connectivity index (χ4n) is 4.61. The molecule has 2 N–H and O–H groups in total. The Hall–Kier alpha value is -3.35. The summed E-state index contributed by atoms with van der Waals surface area (Å²) in [5, 5.41) is 11.5. The molecule has 7 nitrogen and oxygen atoms in total. The van der Waals surface area contributed by atoms with Crippen LogP contribution in [-0.2, 0) is 14.3 Å². The zero-order chi connectivity index (χ0) is 21.8. The number of carbonyl (C=O) groups is 3. The lowest BCUT2D eigenvalue weighted by Gasteiger charge is -2.32. The van der Waals surface area contributed by atoms with Gasteiger partial charge in [-0.15, -0.1) is 0 Å². The minimum absolute atomic E-state index is 0.0345. The summed E-state index contributed by atoms with van der Waals surface area (Å²) in [6.45, 7) is 1.04. The number of likely N-dealkylation sites (tertiary alicyclic amines) is 1. The molecule has 1 atom stereocenters. The van der Waals surface area contributed by atoms with Crippen molar-refractivity contribution in [1.29, 1.82) is 0 Å². The quantitative estimate of drug-likeness (QED) is 0.745. The van der Waals surface area contributed by atoms with Crippen LogP contribution in [0.4, 0.5) is 4.79 Å². The third-order valence-corrected chi connectivity index (χ3v) is 6.06. The first-order valence-electron chi connectivity index (χ1n) is 10.6. The standard InChI is InChI=1S/C24H26N2O5/c27-22(26-11-5-6-16(14-26)12-23(28)29)13-25-24(30)31-15-21-19-9-3-1-7-17(19)18-8-2-4-10-20(18)21/h1-4,7-10,16,21H,5-6,11-15H2,(H,25,30)(H,28,29). The van der Waals surface area contributed by atoms with E-state index >= 15 is 0 Å². The van der Waals surface area contributed by atoms with Crippen LogP contribution in [0, 0.1) is 5.92 Å². The fraction of sp³-hybridized carbons (Fsp3) is 0.375. The fourth-order valence-corrected chi connectivity index (χ4v) is 4.61. The number of alkyl carbamates (subject to hydrolysis) is 1. The summed E-state index contributed by atoms with van der Waals surface area (Å²) in [5.74, 6) is -1.14. The topological polar surface area (TPSA) is 95.9 Å². The highest BCUT2D eigenvalue weighted by molar-refractivity contribution is 5.83. The van der Waals surface area contributed by atoms with E-state index in [4.69, 9.17) is 9.84 Å². The Labute approximate surface area is 181 Å². The van der Waals surface area contributed by atoms with Crippen LogP contribution in [0.2, 0.25) is 0 Å². The number of nitrogens with zero attached hydrogens (tertiary/aromatic N) is 1. The van der Waals surface area contributed by atoms with Gasteiger partial charge in [-0.05, 0) is 41.0 Å². The van der Waals surface area contributed by atoms with Crippen LogP contribution >= 0.6 is 0 Å². The molecule has 0 aromatic heterocycles. The summed E-state index contributed by atoms with van der Waals surface area (Å²) in [7, 11) is 0. The van der Waals surface area contributed by atoms with E-state index in [0.717, 1.165) is 35.1 Å². The van der Waals surface area contributed by atoms with E-state index in [1.165, 1.54) is 0 Å². The zero-order valence-electron chi connectivity index (χ0n) is 17.3. The minimum Gasteiger partial charge on any atom is -0.481 e. The minimum atomic E-state index is -0.851. The summed E-state index contributed by atoms with van der Waals surface area (Å²) in [5.41, 5.74) is 4.57. The molecule has 1 aliphatic carbocycles. The molecule has 162 valence electrons. The Morgan fingerprint density at radius 1 is 1.03 bits per heavy atom. The second-order valence-electron chi connectivity index (χ2n) is 8.12. The number of amides is 2. The van der Waals surface area contributed by atoms with Crippen LogP contribution in [0.15, 0.2) is 48.5 Å². The first-order chi connectivity index (χ1) is 15.0. The lowest BCUT2D eigenvalue weighted by atomic mass is 9.95. The Morgan fingerprint density at radius 2 is 1.68 bits per heavy atom. The van der Waals surface area contributed by atoms with Gasteiger partial charge in [-0.1, -0.05) is 48.5 Å². The monoisotopic (exact) mass is 422 g/mol. The number of carbonyl (C=O) groups excluding carboxylic acids is 2. The molecule has 1 fully saturated rings. The number of piperidine rings is 1. The summed E-state index contributed by atoms with van der Waals surface area (Å²) in [6, 6.07) is 16.2. The van der Waals surface area contributed by atoms with E-state index in [1.807, 2.05) is 24.3 Å². The van der Waals surface area contributed by atoms with Crippen LogP contribution in [0.1, 0.15) is 36.3 Å². The van der Waals surface area contributed by atoms with Crippen molar-refractivity contribution in [2.75, 3.05) is 26.2 Å². The number of carboxylic acid groups (broad SMARTS) is 1. The van der Waals surface area contributed by atoms with Crippen LogP contribution < -0.4 is 5.32 Å². The van der Waals surface area contributed by atoms with Crippen LogP contribution in [-0.4, -0.2) is 54.2 Å². The molecule has 1 heterocycles. The maximum absolute atomic E-state index is 12.4. The Balaban J connectivity index is 1.29. The van der Waals surface area contributed by atoms with E-state index in [9.17, 15) is 14.4 Å². The molecular weight excluding hydrogens is 396 g/mol. The lowest BCUT2D eigenvalue weighted by molar-refractivity contribution is -0.140. The molecule has 4 rings (SSSR count). The molecule has 7 heteroatoms. The number of rotatable bonds is 6. The average molecular weight is 422 g/mol.